The molecule has 0 aromatic heterocycles. The molecule has 10 heteroatoms. The van der Waals surface area contributed by atoms with E-state index in [1.54, 1.807) is 14.2 Å². The largest absolute Gasteiger partial charge is 0.497 e. The number of hydrogen-bond donors (Lipinski definition) is 1. The average molecular weight is 459 g/mol. The summed E-state index contributed by atoms with van der Waals surface area (Å²) in [5.41, 5.74) is 1.28. The van der Waals surface area contributed by atoms with Gasteiger partial charge in [0, 0.05) is 63.4 Å². The van der Waals surface area contributed by atoms with Crippen LogP contribution in [0, 0.1) is 10.1 Å². The number of benzene rings is 2. The summed E-state index contributed by atoms with van der Waals surface area (Å²) in [4.78, 5) is 27.5. The van der Waals surface area contributed by atoms with Crippen molar-refractivity contribution in [1.29, 1.82) is 0 Å². The molecule has 0 radical (unpaired) electrons. The highest BCUT2D eigenvalue weighted by atomic mass is 16.6. The fourth-order valence-electron chi connectivity index (χ4n) is 3.80. The summed E-state index contributed by atoms with van der Waals surface area (Å²) in [6, 6.07) is 9.92. The number of amides is 1. The van der Waals surface area contributed by atoms with Gasteiger partial charge in [-0.25, -0.2) is 0 Å². The summed E-state index contributed by atoms with van der Waals surface area (Å²) in [7, 11) is 4.77. The molecule has 1 amide bonds. The predicted molar refractivity (Wildman–Crippen MR) is 124 cm³/mol. The second-order valence-electron chi connectivity index (χ2n) is 7.74. The van der Waals surface area contributed by atoms with Crippen molar-refractivity contribution in [2.45, 2.75) is 13.0 Å². The number of nitrogens with zero attached hydrogens (tertiary/aromatic N) is 3. The van der Waals surface area contributed by atoms with Crippen LogP contribution in [-0.4, -0.2) is 74.7 Å². The Kier molecular flexibility index (Phi) is 8.45. The highest BCUT2D eigenvalue weighted by Gasteiger charge is 2.20. The number of carbonyl (C=O) groups is 1. The maximum absolute atomic E-state index is 12.4. The lowest BCUT2D eigenvalue weighted by atomic mass is 10.1. The Morgan fingerprint density at radius 1 is 0.970 bits per heavy atom. The Bertz CT molecular complexity index is 975. The van der Waals surface area contributed by atoms with Gasteiger partial charge in [0.25, 0.3) is 5.69 Å². The number of methoxy groups -OCH3 is 3. The summed E-state index contributed by atoms with van der Waals surface area (Å²) >= 11 is 0. The van der Waals surface area contributed by atoms with E-state index in [2.05, 4.69) is 15.1 Å². The lowest BCUT2D eigenvalue weighted by Crippen LogP contribution is -2.46. The molecule has 0 spiro atoms. The van der Waals surface area contributed by atoms with E-state index in [1.807, 2.05) is 18.2 Å². The predicted octanol–water partition coefficient (Wildman–Crippen LogP) is 2.77. The van der Waals surface area contributed by atoms with Crippen molar-refractivity contribution in [2.24, 2.45) is 0 Å². The number of nitrogens with one attached hydrogen (secondary N) is 1. The Morgan fingerprint density at radius 2 is 1.64 bits per heavy atom. The Labute approximate surface area is 193 Å². The molecule has 1 aliphatic rings. The molecule has 1 N–H and O–H groups in total. The molecule has 1 aliphatic heterocycles. The maximum atomic E-state index is 12.4. The standard InChI is InChI=1S/C23H30N4O6/c1-31-19-5-7-21(32-2)17(14-19)16-26-12-10-25(11-13-26)9-8-23(28)24-20-15-18(27(29)30)4-6-22(20)33-3/h4-7,14-15H,8-13,16H2,1-3H3,(H,24,28). The molecule has 10 nitrogen and oxygen atoms in total. The zero-order valence-electron chi connectivity index (χ0n) is 19.2. The molecule has 2 aromatic rings. The summed E-state index contributed by atoms with van der Waals surface area (Å²) in [5, 5.41) is 13.7. The zero-order valence-corrected chi connectivity index (χ0v) is 19.2. The average Bonchev–Trinajstić information content (AvgIpc) is 2.83. The van der Waals surface area contributed by atoms with Crippen LogP contribution in [0.15, 0.2) is 36.4 Å². The SMILES string of the molecule is COc1ccc(OC)c(CN2CCN(CCC(=O)Nc3cc([N+](=O)[O-])ccc3OC)CC2)c1. The van der Waals surface area contributed by atoms with Gasteiger partial charge in [0.05, 0.1) is 31.9 Å². The van der Waals surface area contributed by atoms with E-state index in [9.17, 15) is 14.9 Å². The fourth-order valence-corrected chi connectivity index (χ4v) is 3.80. The van der Waals surface area contributed by atoms with Crippen molar-refractivity contribution < 1.29 is 23.9 Å². The second kappa shape index (κ2) is 11.5. The van der Waals surface area contributed by atoms with E-state index in [-0.39, 0.29) is 18.0 Å². The summed E-state index contributed by atoms with van der Waals surface area (Å²) in [6.45, 7) is 4.82. The third-order valence-electron chi connectivity index (χ3n) is 5.67. The van der Waals surface area contributed by atoms with Crippen LogP contribution in [0.4, 0.5) is 11.4 Å². The molecular weight excluding hydrogens is 428 g/mol. The van der Waals surface area contributed by atoms with Crippen LogP contribution in [0.2, 0.25) is 0 Å². The molecule has 1 heterocycles. The van der Waals surface area contributed by atoms with Crippen molar-refractivity contribution in [3.05, 3.63) is 52.1 Å². The minimum Gasteiger partial charge on any atom is -0.497 e. The Hall–Kier alpha value is -3.37. The van der Waals surface area contributed by atoms with Crippen molar-refractivity contribution >= 4 is 17.3 Å². The number of anilines is 1. The van der Waals surface area contributed by atoms with Crippen LogP contribution in [-0.2, 0) is 11.3 Å². The van der Waals surface area contributed by atoms with Gasteiger partial charge < -0.3 is 24.4 Å². The third kappa shape index (κ3) is 6.56. The van der Waals surface area contributed by atoms with Crippen molar-refractivity contribution in [1.82, 2.24) is 9.80 Å². The molecular formula is C23H30N4O6. The zero-order chi connectivity index (χ0) is 23.8. The number of rotatable bonds is 10. The lowest BCUT2D eigenvalue weighted by molar-refractivity contribution is -0.384. The number of hydrogen-bond acceptors (Lipinski definition) is 8. The maximum Gasteiger partial charge on any atom is 0.271 e. The quantitative estimate of drug-likeness (QED) is 0.428. The first-order chi connectivity index (χ1) is 15.9. The van der Waals surface area contributed by atoms with Crippen LogP contribution < -0.4 is 19.5 Å². The van der Waals surface area contributed by atoms with Gasteiger partial charge in [-0.05, 0) is 24.3 Å². The fraction of sp³-hybridized carbons (Fsp3) is 0.435. The van der Waals surface area contributed by atoms with E-state index in [0.29, 0.717) is 18.0 Å². The van der Waals surface area contributed by atoms with E-state index in [0.717, 1.165) is 49.8 Å². The highest BCUT2D eigenvalue weighted by molar-refractivity contribution is 5.92. The number of nitro groups is 1. The van der Waals surface area contributed by atoms with Crippen LogP contribution in [0.1, 0.15) is 12.0 Å². The third-order valence-corrected chi connectivity index (χ3v) is 5.67. The highest BCUT2D eigenvalue weighted by Crippen LogP contribution is 2.29. The summed E-state index contributed by atoms with van der Waals surface area (Å²) in [6.07, 6.45) is 0.287. The Balaban J connectivity index is 1.48. The van der Waals surface area contributed by atoms with E-state index in [1.165, 1.54) is 25.3 Å². The second-order valence-corrected chi connectivity index (χ2v) is 7.74. The molecule has 33 heavy (non-hydrogen) atoms. The van der Waals surface area contributed by atoms with Gasteiger partial charge in [0.15, 0.2) is 0 Å². The lowest BCUT2D eigenvalue weighted by Gasteiger charge is -2.34. The number of nitro benzene ring substituents is 1. The first-order valence-electron chi connectivity index (χ1n) is 10.7. The van der Waals surface area contributed by atoms with Gasteiger partial charge in [-0.1, -0.05) is 0 Å². The van der Waals surface area contributed by atoms with Crippen LogP contribution in [0.3, 0.4) is 0 Å². The molecule has 0 atom stereocenters. The topological polar surface area (TPSA) is 106 Å². The summed E-state index contributed by atoms with van der Waals surface area (Å²) < 4.78 is 16.0. The number of piperazine rings is 1. The number of non-ortho nitro benzene ring substituents is 1. The van der Waals surface area contributed by atoms with Gasteiger partial charge in [-0.15, -0.1) is 0 Å². The molecule has 0 saturated carbocycles. The van der Waals surface area contributed by atoms with Crippen LogP contribution in [0.25, 0.3) is 0 Å². The molecule has 1 fully saturated rings. The van der Waals surface area contributed by atoms with E-state index >= 15 is 0 Å². The number of carbonyl (C=O) groups excluding carboxylic acids is 1. The minimum absolute atomic E-state index is 0.102. The first-order valence-corrected chi connectivity index (χ1v) is 10.7. The van der Waals surface area contributed by atoms with Crippen molar-refractivity contribution in [2.75, 3.05) is 59.4 Å². The van der Waals surface area contributed by atoms with Crippen LogP contribution >= 0.6 is 0 Å². The molecule has 178 valence electrons. The van der Waals surface area contributed by atoms with Crippen LogP contribution in [0.5, 0.6) is 17.2 Å². The number of ether oxygens (including phenoxy) is 3. The molecule has 3 rings (SSSR count). The molecule has 0 bridgehead atoms. The molecule has 0 aliphatic carbocycles. The van der Waals surface area contributed by atoms with Gasteiger partial charge >= 0.3 is 0 Å². The smallest absolute Gasteiger partial charge is 0.271 e. The Morgan fingerprint density at radius 3 is 2.27 bits per heavy atom. The molecule has 1 saturated heterocycles. The normalized spacial score (nSPS) is 14.5. The minimum atomic E-state index is -0.504. The first kappa shape index (κ1) is 24.3. The van der Waals surface area contributed by atoms with Gasteiger partial charge in [0.2, 0.25) is 5.91 Å². The molecule has 2 aromatic carbocycles. The van der Waals surface area contributed by atoms with Gasteiger partial charge in [-0.2, -0.15) is 0 Å². The van der Waals surface area contributed by atoms with E-state index in [4.69, 9.17) is 14.2 Å². The summed E-state index contributed by atoms with van der Waals surface area (Å²) in [5.74, 6) is 1.81. The van der Waals surface area contributed by atoms with Gasteiger partial charge in [-0.3, -0.25) is 19.8 Å². The van der Waals surface area contributed by atoms with Crippen molar-refractivity contribution in [3.63, 3.8) is 0 Å². The monoisotopic (exact) mass is 458 g/mol. The molecule has 0 unspecified atom stereocenters. The van der Waals surface area contributed by atoms with Crippen molar-refractivity contribution in [3.8, 4) is 17.2 Å². The van der Waals surface area contributed by atoms with E-state index < -0.39 is 4.92 Å². The van der Waals surface area contributed by atoms with Gasteiger partial charge in [0.1, 0.15) is 17.2 Å².